The molecule has 192 valence electrons. The summed E-state index contributed by atoms with van der Waals surface area (Å²) >= 11 is 5.05. The molecule has 37 heavy (non-hydrogen) atoms. The number of fused-ring (bicyclic) bond motifs is 2. The molecule has 9 heteroatoms. The summed E-state index contributed by atoms with van der Waals surface area (Å²) in [4.78, 5) is 33.0. The molecule has 0 radical (unpaired) electrons. The van der Waals surface area contributed by atoms with Gasteiger partial charge in [0.1, 0.15) is 10.0 Å². The first-order chi connectivity index (χ1) is 18.1. The molecule has 2 aromatic carbocycles. The monoisotopic (exact) mass is 551 g/mol. The predicted molar refractivity (Wildman–Crippen MR) is 155 cm³/mol. The van der Waals surface area contributed by atoms with E-state index in [9.17, 15) is 9.59 Å². The first-order valence-electron chi connectivity index (χ1n) is 12.5. The molecule has 0 aliphatic carbocycles. The van der Waals surface area contributed by atoms with E-state index in [1.165, 1.54) is 11.1 Å². The van der Waals surface area contributed by atoms with E-state index >= 15 is 0 Å². The van der Waals surface area contributed by atoms with Crippen molar-refractivity contribution in [2.24, 2.45) is 0 Å². The van der Waals surface area contributed by atoms with Crippen LogP contribution in [0.2, 0.25) is 0 Å². The van der Waals surface area contributed by atoms with Gasteiger partial charge < -0.3 is 15.0 Å². The number of thiophene rings is 1. The Hall–Kier alpha value is -2.88. The third-order valence-corrected chi connectivity index (χ3v) is 9.45. The standard InChI is InChI=1S/C28H29N3O3S3/c1-2-34-28(33)31-15-14-20-23(17-31)37-27(25(20)26-29-21-11-6-7-12-22(21)36-26)30-24(32)13-8-16-35-18-19-9-4-3-5-10-19/h3-7,9-12H,2,8,13-18H2,1H3,(H,30,32). The van der Waals surface area contributed by atoms with Crippen LogP contribution in [0.1, 0.15) is 35.8 Å². The number of carbonyl (C=O) groups excluding carboxylic acids is 2. The van der Waals surface area contributed by atoms with Crippen LogP contribution in [-0.4, -0.2) is 40.8 Å². The Bertz CT molecular complexity index is 1350. The zero-order valence-electron chi connectivity index (χ0n) is 20.7. The van der Waals surface area contributed by atoms with Crippen molar-refractivity contribution in [2.45, 2.75) is 38.5 Å². The van der Waals surface area contributed by atoms with Crippen LogP contribution in [0.3, 0.4) is 0 Å². The maximum absolute atomic E-state index is 13.0. The fourth-order valence-corrected chi connectivity index (χ4v) is 7.67. The summed E-state index contributed by atoms with van der Waals surface area (Å²) in [5.74, 6) is 1.91. The molecule has 0 unspecified atom stereocenters. The fourth-order valence-electron chi connectivity index (χ4n) is 4.36. The number of thiazole rings is 1. The SMILES string of the molecule is CCOC(=O)N1CCc2c(sc(NC(=O)CCCSCc3ccccc3)c2-c2nc3ccccc3s2)C1. The Kier molecular flexibility index (Phi) is 8.43. The number of thioether (sulfide) groups is 1. The van der Waals surface area contributed by atoms with E-state index in [1.807, 2.05) is 43.0 Å². The van der Waals surface area contributed by atoms with Crippen LogP contribution >= 0.6 is 34.4 Å². The van der Waals surface area contributed by atoms with Crippen LogP contribution in [0.4, 0.5) is 9.80 Å². The predicted octanol–water partition coefficient (Wildman–Crippen LogP) is 7.19. The summed E-state index contributed by atoms with van der Waals surface area (Å²) in [5, 5.41) is 4.93. The van der Waals surface area contributed by atoms with E-state index < -0.39 is 0 Å². The van der Waals surface area contributed by atoms with Crippen molar-refractivity contribution in [2.75, 3.05) is 24.2 Å². The van der Waals surface area contributed by atoms with Crippen molar-refractivity contribution in [1.82, 2.24) is 9.88 Å². The van der Waals surface area contributed by atoms with E-state index in [0.717, 1.165) is 48.6 Å². The van der Waals surface area contributed by atoms with E-state index in [0.29, 0.717) is 32.5 Å². The Labute approximate surface area is 229 Å². The molecule has 0 saturated heterocycles. The van der Waals surface area contributed by atoms with Crippen LogP contribution in [0.15, 0.2) is 54.6 Å². The van der Waals surface area contributed by atoms with Gasteiger partial charge in [0, 0.05) is 29.2 Å². The van der Waals surface area contributed by atoms with Crippen LogP contribution in [0, 0.1) is 0 Å². The minimum Gasteiger partial charge on any atom is -0.450 e. The molecule has 1 aliphatic heterocycles. The number of amides is 2. The molecule has 0 bridgehead atoms. The summed E-state index contributed by atoms with van der Waals surface area (Å²) in [5.41, 5.74) is 4.45. The van der Waals surface area contributed by atoms with Crippen LogP contribution in [-0.2, 0) is 28.2 Å². The second kappa shape index (κ2) is 12.1. The lowest BCUT2D eigenvalue weighted by Gasteiger charge is -2.26. The van der Waals surface area contributed by atoms with E-state index in [2.05, 4.69) is 35.6 Å². The average Bonchev–Trinajstić information content (AvgIpc) is 3.49. The van der Waals surface area contributed by atoms with Gasteiger partial charge in [-0.05, 0) is 48.8 Å². The molecule has 2 aromatic heterocycles. The number of nitrogens with zero attached hydrogens (tertiary/aromatic N) is 2. The lowest BCUT2D eigenvalue weighted by atomic mass is 10.0. The Balaban J connectivity index is 1.30. The van der Waals surface area contributed by atoms with Crippen molar-refractivity contribution in [3.8, 4) is 10.6 Å². The smallest absolute Gasteiger partial charge is 0.410 e. The first-order valence-corrected chi connectivity index (χ1v) is 15.2. The van der Waals surface area contributed by atoms with Crippen molar-refractivity contribution in [3.63, 3.8) is 0 Å². The highest BCUT2D eigenvalue weighted by Crippen LogP contribution is 2.45. The number of ether oxygens (including phenoxy) is 1. The zero-order chi connectivity index (χ0) is 25.6. The average molecular weight is 552 g/mol. The van der Waals surface area contributed by atoms with E-state index in [1.54, 1.807) is 27.6 Å². The number of aromatic nitrogens is 1. The fraction of sp³-hybridized carbons (Fsp3) is 0.321. The third kappa shape index (κ3) is 6.17. The molecule has 1 aliphatic rings. The van der Waals surface area contributed by atoms with Gasteiger partial charge in [-0.15, -0.1) is 22.7 Å². The van der Waals surface area contributed by atoms with E-state index in [-0.39, 0.29) is 12.0 Å². The summed E-state index contributed by atoms with van der Waals surface area (Å²) in [6.07, 6.45) is 1.71. The molecule has 3 heterocycles. The zero-order valence-corrected chi connectivity index (χ0v) is 23.1. The molecule has 0 spiro atoms. The number of carbonyl (C=O) groups is 2. The second-order valence-corrected chi connectivity index (χ2v) is 12.0. The summed E-state index contributed by atoms with van der Waals surface area (Å²) in [6, 6.07) is 18.5. The number of hydrogen-bond donors (Lipinski definition) is 1. The quantitative estimate of drug-likeness (QED) is 0.223. The minimum atomic E-state index is -0.290. The first kappa shape index (κ1) is 25.8. The lowest BCUT2D eigenvalue weighted by molar-refractivity contribution is -0.116. The molecule has 5 rings (SSSR count). The van der Waals surface area contributed by atoms with Crippen molar-refractivity contribution >= 4 is 61.7 Å². The van der Waals surface area contributed by atoms with Crippen molar-refractivity contribution in [1.29, 1.82) is 0 Å². The molecule has 0 saturated carbocycles. The molecule has 4 aromatic rings. The van der Waals surface area contributed by atoms with Crippen LogP contribution < -0.4 is 5.32 Å². The van der Waals surface area contributed by atoms with Gasteiger partial charge >= 0.3 is 6.09 Å². The molecule has 2 amide bonds. The van der Waals surface area contributed by atoms with Gasteiger partial charge in [-0.2, -0.15) is 11.8 Å². The van der Waals surface area contributed by atoms with Gasteiger partial charge in [0.25, 0.3) is 0 Å². The molecule has 1 N–H and O–H groups in total. The van der Waals surface area contributed by atoms with Gasteiger partial charge in [-0.1, -0.05) is 42.5 Å². The van der Waals surface area contributed by atoms with E-state index in [4.69, 9.17) is 9.72 Å². The number of nitrogens with one attached hydrogen (secondary N) is 1. The molecule has 0 fully saturated rings. The topological polar surface area (TPSA) is 71.5 Å². The number of benzene rings is 2. The van der Waals surface area contributed by atoms with Crippen molar-refractivity contribution < 1.29 is 14.3 Å². The molecule has 0 atom stereocenters. The largest absolute Gasteiger partial charge is 0.450 e. The normalized spacial score (nSPS) is 12.9. The maximum atomic E-state index is 13.0. The number of hydrogen-bond acceptors (Lipinski definition) is 7. The number of anilines is 1. The number of rotatable bonds is 9. The summed E-state index contributed by atoms with van der Waals surface area (Å²) < 4.78 is 6.34. The van der Waals surface area contributed by atoms with Crippen LogP contribution in [0.5, 0.6) is 0 Å². The summed E-state index contributed by atoms with van der Waals surface area (Å²) in [7, 11) is 0. The third-order valence-electron chi connectivity index (χ3n) is 6.15. The van der Waals surface area contributed by atoms with Gasteiger partial charge in [0.2, 0.25) is 5.91 Å². The molecular weight excluding hydrogens is 523 g/mol. The van der Waals surface area contributed by atoms with Crippen molar-refractivity contribution in [3.05, 3.63) is 70.6 Å². The molecular formula is C28H29N3O3S3. The van der Waals surface area contributed by atoms with Gasteiger partial charge in [0.05, 0.1) is 23.4 Å². The Morgan fingerprint density at radius 1 is 1.11 bits per heavy atom. The Morgan fingerprint density at radius 3 is 2.73 bits per heavy atom. The lowest BCUT2D eigenvalue weighted by Crippen LogP contribution is -2.35. The highest BCUT2D eigenvalue weighted by atomic mass is 32.2. The number of para-hydroxylation sites is 1. The van der Waals surface area contributed by atoms with Crippen LogP contribution in [0.25, 0.3) is 20.8 Å². The second-order valence-electron chi connectivity index (χ2n) is 8.76. The summed E-state index contributed by atoms with van der Waals surface area (Å²) in [6.45, 7) is 3.25. The highest BCUT2D eigenvalue weighted by Gasteiger charge is 2.30. The maximum Gasteiger partial charge on any atom is 0.410 e. The molecule has 6 nitrogen and oxygen atoms in total. The minimum absolute atomic E-state index is 0.0171. The van der Waals surface area contributed by atoms with Gasteiger partial charge in [-0.3, -0.25) is 4.79 Å². The highest BCUT2D eigenvalue weighted by molar-refractivity contribution is 7.98. The Morgan fingerprint density at radius 2 is 1.92 bits per heavy atom. The van der Waals surface area contributed by atoms with Gasteiger partial charge in [-0.25, -0.2) is 9.78 Å². The van der Waals surface area contributed by atoms with Gasteiger partial charge in [0.15, 0.2) is 0 Å².